The van der Waals surface area contributed by atoms with Gasteiger partial charge in [-0.15, -0.1) is 17.0 Å². The smallest absolute Gasteiger partial charge is 0.0398 e. The Hall–Kier alpha value is -0.370. The summed E-state index contributed by atoms with van der Waals surface area (Å²) in [6.45, 7) is 2.08. The van der Waals surface area contributed by atoms with Crippen LogP contribution in [0.3, 0.4) is 0 Å². The molecule has 0 aliphatic carbocycles. The van der Waals surface area contributed by atoms with Crippen LogP contribution in [-0.2, 0) is 0 Å². The quantitative estimate of drug-likeness (QED) is 0.594. The van der Waals surface area contributed by atoms with Gasteiger partial charge in [-0.05, 0) is 6.92 Å². The van der Waals surface area contributed by atoms with E-state index in [1.54, 1.807) is 0 Å². The maximum atomic E-state index is 2.08. The summed E-state index contributed by atoms with van der Waals surface area (Å²) in [6.07, 6.45) is 0. The summed E-state index contributed by atoms with van der Waals surface area (Å²) in [5.41, 5.74) is 1.32. The predicted molar refractivity (Wildman–Crippen MR) is 44.0 cm³/mol. The molecule has 0 saturated heterocycles. The van der Waals surface area contributed by atoms with Crippen LogP contribution in [0.2, 0.25) is 0 Å². The molecule has 0 amide bonds. The van der Waals surface area contributed by atoms with Gasteiger partial charge in [0, 0.05) is 0 Å². The van der Waals surface area contributed by atoms with Crippen LogP contribution >= 0.6 is 17.0 Å². The Morgan fingerprint density at radius 3 is 1.67 bits per heavy atom. The Kier molecular flexibility index (Phi) is 7.32. The first kappa shape index (κ1) is 11.4. The highest BCUT2D eigenvalue weighted by Gasteiger charge is 1.72. The molecule has 0 heterocycles. The van der Waals surface area contributed by atoms with Crippen LogP contribution in [0.25, 0.3) is 0 Å². The lowest BCUT2D eigenvalue weighted by atomic mass is 10.2. The number of halogens is 2. The van der Waals surface area contributed by atoms with Crippen LogP contribution in [0.15, 0.2) is 30.3 Å². The molecule has 52 valence electrons. The average Bonchev–Trinajstić information content (AvgIpc) is 1.69. The summed E-state index contributed by atoms with van der Waals surface area (Å²) in [6, 6.07) is 10.3. The van der Waals surface area contributed by atoms with E-state index in [1.165, 1.54) is 5.56 Å². The van der Waals surface area contributed by atoms with E-state index in [0.717, 1.165) is 0 Å². The molecule has 0 fully saturated rings. The van der Waals surface area contributed by atoms with E-state index in [-0.39, 0.29) is 21.7 Å². The molecule has 0 radical (unpaired) electrons. The van der Waals surface area contributed by atoms with Crippen LogP contribution in [0.1, 0.15) is 5.56 Å². The molecule has 1 aromatic rings. The van der Waals surface area contributed by atoms with E-state index in [1.807, 2.05) is 18.2 Å². The Balaban J connectivity index is 0. The third-order valence-electron chi connectivity index (χ3n) is 0.940. The van der Waals surface area contributed by atoms with Crippen molar-refractivity contribution in [1.82, 2.24) is 0 Å². The third kappa shape index (κ3) is 4.15. The van der Waals surface area contributed by atoms with Crippen LogP contribution in [-0.4, -0.2) is 0 Å². The standard InChI is InChI=1S/C7H8.BrH.FH/c1-7-5-3-2-4-6-7;;/h2-6H,1H3;2*1H. The normalized spacial score (nSPS) is 6.78. The summed E-state index contributed by atoms with van der Waals surface area (Å²) in [5, 5.41) is 0. The van der Waals surface area contributed by atoms with Gasteiger partial charge in [-0.25, -0.2) is 0 Å². The molecule has 0 nitrogen and oxygen atoms in total. The molecule has 0 N–H and O–H groups in total. The Morgan fingerprint density at radius 2 is 1.44 bits per heavy atom. The van der Waals surface area contributed by atoms with E-state index in [2.05, 4.69) is 19.1 Å². The van der Waals surface area contributed by atoms with Crippen molar-refractivity contribution in [2.45, 2.75) is 6.92 Å². The fourth-order valence-electron chi connectivity index (χ4n) is 0.534. The second-order valence-corrected chi connectivity index (χ2v) is 1.65. The second-order valence-electron chi connectivity index (χ2n) is 1.65. The monoisotopic (exact) mass is 192 g/mol. The van der Waals surface area contributed by atoms with E-state index in [0.29, 0.717) is 0 Å². The molecule has 0 bridgehead atoms. The van der Waals surface area contributed by atoms with Crippen molar-refractivity contribution in [1.29, 1.82) is 0 Å². The summed E-state index contributed by atoms with van der Waals surface area (Å²) in [4.78, 5) is 0. The second kappa shape index (κ2) is 5.76. The molecule has 1 rings (SSSR count). The molecule has 9 heavy (non-hydrogen) atoms. The Bertz CT molecular complexity index is 139. The molecule has 1 aromatic carbocycles. The number of benzene rings is 1. The highest BCUT2D eigenvalue weighted by molar-refractivity contribution is 8.93. The number of rotatable bonds is 0. The van der Waals surface area contributed by atoms with Crippen molar-refractivity contribution in [3.05, 3.63) is 35.9 Å². The minimum Gasteiger partial charge on any atom is -0.269 e. The van der Waals surface area contributed by atoms with Crippen molar-refractivity contribution in [3.8, 4) is 0 Å². The van der Waals surface area contributed by atoms with Gasteiger partial charge in [0.15, 0.2) is 0 Å². The predicted octanol–water partition coefficient (Wildman–Crippen LogP) is 2.73. The zero-order valence-corrected chi connectivity index (χ0v) is 6.92. The van der Waals surface area contributed by atoms with E-state index < -0.39 is 0 Å². The summed E-state index contributed by atoms with van der Waals surface area (Å²) >= 11 is 0. The molecule has 0 unspecified atom stereocenters. The average molecular weight is 193 g/mol. The first-order chi connectivity index (χ1) is 3.39. The fraction of sp³-hybridized carbons (Fsp3) is 0.143. The van der Waals surface area contributed by atoms with Crippen LogP contribution in [0, 0.1) is 6.92 Å². The minimum absolute atomic E-state index is 0. The first-order valence-corrected chi connectivity index (χ1v) is 2.41. The van der Waals surface area contributed by atoms with Gasteiger partial charge in [0.25, 0.3) is 0 Å². The summed E-state index contributed by atoms with van der Waals surface area (Å²) < 4.78 is 0. The van der Waals surface area contributed by atoms with Gasteiger partial charge >= 0.3 is 0 Å². The van der Waals surface area contributed by atoms with Gasteiger partial charge in [-0.1, -0.05) is 35.9 Å². The first-order valence-electron chi connectivity index (χ1n) is 2.41. The highest BCUT2D eigenvalue weighted by atomic mass is 79.9. The topological polar surface area (TPSA) is 0 Å². The molecule has 0 saturated carbocycles. The fourth-order valence-corrected chi connectivity index (χ4v) is 0.534. The Labute approximate surface area is 65.0 Å². The van der Waals surface area contributed by atoms with Gasteiger partial charge in [0.05, 0.1) is 0 Å². The zero-order chi connectivity index (χ0) is 5.11. The van der Waals surface area contributed by atoms with Gasteiger partial charge in [-0.3, -0.25) is 4.70 Å². The minimum atomic E-state index is 0. The molecule has 2 heteroatoms. The van der Waals surface area contributed by atoms with E-state index in [9.17, 15) is 0 Å². The SMILES string of the molecule is Br.Cc1ccccc1.F. The maximum absolute atomic E-state index is 2.08. The molecular weight excluding hydrogens is 183 g/mol. The lowest BCUT2D eigenvalue weighted by Crippen LogP contribution is -1.62. The molecule has 0 atom stereocenters. The van der Waals surface area contributed by atoms with Crippen LogP contribution < -0.4 is 0 Å². The van der Waals surface area contributed by atoms with Crippen molar-refractivity contribution in [2.24, 2.45) is 0 Å². The van der Waals surface area contributed by atoms with Gasteiger partial charge in [0.1, 0.15) is 0 Å². The third-order valence-corrected chi connectivity index (χ3v) is 0.940. The van der Waals surface area contributed by atoms with Crippen molar-refractivity contribution >= 4 is 17.0 Å². The van der Waals surface area contributed by atoms with Crippen LogP contribution in [0.4, 0.5) is 4.70 Å². The summed E-state index contributed by atoms with van der Waals surface area (Å²) in [5.74, 6) is 0. The molecule has 0 aliphatic heterocycles. The lowest BCUT2D eigenvalue weighted by molar-refractivity contribution is 1.11. The van der Waals surface area contributed by atoms with Crippen LogP contribution in [0.5, 0.6) is 0 Å². The molecule has 0 aliphatic rings. The summed E-state index contributed by atoms with van der Waals surface area (Å²) in [7, 11) is 0. The molecule has 0 spiro atoms. The van der Waals surface area contributed by atoms with Gasteiger partial charge in [-0.2, -0.15) is 0 Å². The molecule has 0 aromatic heterocycles. The van der Waals surface area contributed by atoms with Crippen molar-refractivity contribution in [2.75, 3.05) is 0 Å². The number of aryl methyl sites for hydroxylation is 1. The Morgan fingerprint density at radius 1 is 1.00 bits per heavy atom. The van der Waals surface area contributed by atoms with E-state index >= 15 is 0 Å². The van der Waals surface area contributed by atoms with Crippen molar-refractivity contribution in [3.63, 3.8) is 0 Å². The highest BCUT2D eigenvalue weighted by Crippen LogP contribution is 1.92. The number of hydrogen-bond donors (Lipinski definition) is 0. The lowest BCUT2D eigenvalue weighted by Gasteiger charge is -1.82. The zero-order valence-electron chi connectivity index (χ0n) is 5.20. The largest absolute Gasteiger partial charge is 0.269 e. The van der Waals surface area contributed by atoms with Crippen molar-refractivity contribution < 1.29 is 4.70 Å². The maximum Gasteiger partial charge on any atom is -0.0398 e. The molecular formula is C7H10BrF. The number of hydrogen-bond acceptors (Lipinski definition) is 0. The van der Waals surface area contributed by atoms with E-state index in [4.69, 9.17) is 0 Å². The van der Waals surface area contributed by atoms with Gasteiger partial charge in [0.2, 0.25) is 0 Å². The van der Waals surface area contributed by atoms with Gasteiger partial charge < -0.3 is 0 Å².